The molecule has 0 aliphatic heterocycles. The maximum atomic E-state index is 12.3. The average Bonchev–Trinajstić information content (AvgIpc) is 3.00. The summed E-state index contributed by atoms with van der Waals surface area (Å²) in [5.74, 6) is 0.185. The van der Waals surface area contributed by atoms with Crippen LogP contribution in [-0.2, 0) is 4.79 Å². The van der Waals surface area contributed by atoms with Gasteiger partial charge in [0.25, 0.3) is 5.69 Å². The van der Waals surface area contributed by atoms with Crippen LogP contribution >= 0.6 is 11.8 Å². The zero-order valence-corrected chi connectivity index (χ0v) is 13.5. The van der Waals surface area contributed by atoms with Gasteiger partial charge in [0.05, 0.1) is 29.0 Å². The Morgan fingerprint density at radius 3 is 2.73 bits per heavy atom. The molecule has 0 bridgehead atoms. The SMILES string of the molecule is COc1cc([N+](=O)[O-])ccc1NC(=O)[C@@H](C)SC1CCCC1. The molecule has 1 fully saturated rings. The third-order valence-corrected chi connectivity index (χ3v) is 5.20. The summed E-state index contributed by atoms with van der Waals surface area (Å²) < 4.78 is 5.12. The molecule has 1 aromatic rings. The van der Waals surface area contributed by atoms with Gasteiger partial charge in [-0.05, 0) is 25.8 Å². The van der Waals surface area contributed by atoms with Crippen molar-refractivity contribution >= 4 is 29.0 Å². The van der Waals surface area contributed by atoms with Crippen molar-refractivity contribution in [2.75, 3.05) is 12.4 Å². The summed E-state index contributed by atoms with van der Waals surface area (Å²) in [6.45, 7) is 1.89. The molecule has 6 nitrogen and oxygen atoms in total. The van der Waals surface area contributed by atoms with Gasteiger partial charge >= 0.3 is 0 Å². The molecule has 0 saturated heterocycles. The van der Waals surface area contributed by atoms with Gasteiger partial charge in [0.2, 0.25) is 5.91 Å². The molecule has 0 aromatic heterocycles. The highest BCUT2D eigenvalue weighted by Gasteiger charge is 2.23. The highest BCUT2D eigenvalue weighted by atomic mass is 32.2. The van der Waals surface area contributed by atoms with E-state index in [9.17, 15) is 14.9 Å². The second kappa shape index (κ2) is 7.49. The summed E-state index contributed by atoms with van der Waals surface area (Å²) in [6.07, 6.45) is 4.82. The lowest BCUT2D eigenvalue weighted by Gasteiger charge is -2.17. The molecule has 2 rings (SSSR count). The second-order valence-corrected chi connectivity index (χ2v) is 6.96. The molecule has 1 aliphatic carbocycles. The van der Waals surface area contributed by atoms with Crippen molar-refractivity contribution in [3.8, 4) is 5.75 Å². The fraction of sp³-hybridized carbons (Fsp3) is 0.533. The van der Waals surface area contributed by atoms with Gasteiger partial charge in [0, 0.05) is 11.3 Å². The van der Waals surface area contributed by atoms with Gasteiger partial charge in [-0.1, -0.05) is 12.8 Å². The number of non-ortho nitro benzene ring substituents is 1. The number of carbonyl (C=O) groups is 1. The number of thioether (sulfide) groups is 1. The molecular weight excluding hydrogens is 304 g/mol. The Morgan fingerprint density at radius 1 is 1.45 bits per heavy atom. The third-order valence-electron chi connectivity index (χ3n) is 3.72. The summed E-state index contributed by atoms with van der Waals surface area (Å²) in [6, 6.07) is 4.17. The molecule has 0 spiro atoms. The number of anilines is 1. The fourth-order valence-corrected chi connectivity index (χ4v) is 3.87. The third kappa shape index (κ3) is 4.13. The number of nitrogens with zero attached hydrogens (tertiary/aromatic N) is 1. The number of benzene rings is 1. The Hall–Kier alpha value is -1.76. The van der Waals surface area contributed by atoms with E-state index in [1.54, 1.807) is 11.8 Å². The normalized spacial score (nSPS) is 16.3. The van der Waals surface area contributed by atoms with E-state index in [1.165, 1.54) is 51.0 Å². The van der Waals surface area contributed by atoms with Crippen LogP contribution in [0.25, 0.3) is 0 Å². The molecule has 7 heteroatoms. The summed E-state index contributed by atoms with van der Waals surface area (Å²) in [7, 11) is 1.42. The summed E-state index contributed by atoms with van der Waals surface area (Å²) >= 11 is 1.69. The highest BCUT2D eigenvalue weighted by molar-refractivity contribution is 8.01. The van der Waals surface area contributed by atoms with E-state index in [1.807, 2.05) is 6.92 Å². The van der Waals surface area contributed by atoms with E-state index in [4.69, 9.17) is 4.74 Å². The Kier molecular flexibility index (Phi) is 5.65. The van der Waals surface area contributed by atoms with Crippen molar-refractivity contribution in [3.05, 3.63) is 28.3 Å². The van der Waals surface area contributed by atoms with Gasteiger partial charge in [-0.25, -0.2) is 0 Å². The number of hydrogen-bond donors (Lipinski definition) is 1. The lowest BCUT2D eigenvalue weighted by Crippen LogP contribution is -2.24. The van der Waals surface area contributed by atoms with Crippen LogP contribution < -0.4 is 10.1 Å². The van der Waals surface area contributed by atoms with Gasteiger partial charge in [0.1, 0.15) is 5.75 Å². The second-order valence-electron chi connectivity index (χ2n) is 5.32. The fourth-order valence-electron chi connectivity index (χ4n) is 2.51. The van der Waals surface area contributed by atoms with E-state index in [0.717, 1.165) is 0 Å². The molecule has 1 saturated carbocycles. The lowest BCUT2D eigenvalue weighted by molar-refractivity contribution is -0.384. The van der Waals surface area contributed by atoms with Crippen LogP contribution in [0.15, 0.2) is 18.2 Å². The Morgan fingerprint density at radius 2 is 2.14 bits per heavy atom. The van der Waals surface area contributed by atoms with Crippen LogP contribution in [0.1, 0.15) is 32.6 Å². The van der Waals surface area contributed by atoms with E-state index in [-0.39, 0.29) is 16.8 Å². The van der Waals surface area contributed by atoms with Gasteiger partial charge in [0.15, 0.2) is 0 Å². The van der Waals surface area contributed by atoms with Crippen LogP contribution in [-0.4, -0.2) is 28.4 Å². The number of hydrogen-bond acceptors (Lipinski definition) is 5. The van der Waals surface area contributed by atoms with E-state index < -0.39 is 4.92 Å². The van der Waals surface area contributed by atoms with E-state index >= 15 is 0 Å². The predicted molar refractivity (Wildman–Crippen MR) is 87.6 cm³/mol. The molecule has 120 valence electrons. The predicted octanol–water partition coefficient (Wildman–Crippen LogP) is 3.61. The number of rotatable bonds is 6. The van der Waals surface area contributed by atoms with Crippen LogP contribution in [0.2, 0.25) is 0 Å². The minimum atomic E-state index is -0.493. The molecule has 1 atom stereocenters. The average molecular weight is 324 g/mol. The van der Waals surface area contributed by atoms with E-state index in [2.05, 4.69) is 5.32 Å². The molecular formula is C15H20N2O4S. The molecule has 0 heterocycles. The van der Waals surface area contributed by atoms with Gasteiger partial charge in [-0.2, -0.15) is 0 Å². The zero-order chi connectivity index (χ0) is 16.1. The first-order chi connectivity index (χ1) is 10.5. The Balaban J connectivity index is 2.02. The van der Waals surface area contributed by atoms with Crippen molar-refractivity contribution in [1.29, 1.82) is 0 Å². The standard InChI is InChI=1S/C15H20N2O4S/c1-10(22-12-5-3-4-6-12)15(18)16-13-8-7-11(17(19)20)9-14(13)21-2/h7-10,12H,3-6H2,1-2H3,(H,16,18)/t10-/m1/s1. The maximum absolute atomic E-state index is 12.3. The number of nitrogens with one attached hydrogen (secondary N) is 1. The first-order valence-corrected chi connectivity index (χ1v) is 8.24. The number of nitro benzene ring substituents is 1. The summed E-state index contributed by atoms with van der Waals surface area (Å²) in [5.41, 5.74) is 0.389. The zero-order valence-electron chi connectivity index (χ0n) is 12.7. The van der Waals surface area contributed by atoms with Crippen molar-refractivity contribution in [2.45, 2.75) is 43.1 Å². The number of carbonyl (C=O) groups excluding carboxylic acids is 1. The molecule has 0 radical (unpaired) electrons. The molecule has 1 amide bonds. The van der Waals surface area contributed by atoms with Crippen LogP contribution in [0.5, 0.6) is 5.75 Å². The van der Waals surface area contributed by atoms with Crippen LogP contribution in [0.3, 0.4) is 0 Å². The lowest BCUT2D eigenvalue weighted by atomic mass is 10.2. The summed E-state index contributed by atoms with van der Waals surface area (Å²) in [4.78, 5) is 22.5. The first-order valence-electron chi connectivity index (χ1n) is 7.30. The molecule has 0 unspecified atom stereocenters. The van der Waals surface area contributed by atoms with Crippen molar-refractivity contribution < 1.29 is 14.5 Å². The largest absolute Gasteiger partial charge is 0.494 e. The Bertz CT molecular complexity index is 558. The quantitative estimate of drug-likeness (QED) is 0.638. The number of methoxy groups -OCH3 is 1. The van der Waals surface area contributed by atoms with Gasteiger partial charge in [-0.3, -0.25) is 14.9 Å². The van der Waals surface area contributed by atoms with Crippen molar-refractivity contribution in [2.24, 2.45) is 0 Å². The maximum Gasteiger partial charge on any atom is 0.273 e. The Labute approximate surface area is 133 Å². The number of ether oxygens (including phenoxy) is 1. The van der Waals surface area contributed by atoms with Crippen molar-refractivity contribution in [1.82, 2.24) is 0 Å². The summed E-state index contributed by atoms with van der Waals surface area (Å²) in [5, 5.41) is 13.9. The highest BCUT2D eigenvalue weighted by Crippen LogP contribution is 2.33. The van der Waals surface area contributed by atoms with Crippen LogP contribution in [0, 0.1) is 10.1 Å². The monoisotopic (exact) mass is 324 g/mol. The number of nitro groups is 1. The molecule has 1 N–H and O–H groups in total. The molecule has 1 aromatic carbocycles. The minimum Gasteiger partial charge on any atom is -0.494 e. The molecule has 22 heavy (non-hydrogen) atoms. The van der Waals surface area contributed by atoms with Gasteiger partial charge < -0.3 is 10.1 Å². The van der Waals surface area contributed by atoms with Crippen LogP contribution in [0.4, 0.5) is 11.4 Å². The van der Waals surface area contributed by atoms with Crippen molar-refractivity contribution in [3.63, 3.8) is 0 Å². The minimum absolute atomic E-state index is 0.0665. The topological polar surface area (TPSA) is 81.5 Å². The smallest absolute Gasteiger partial charge is 0.273 e. The van der Waals surface area contributed by atoms with E-state index in [0.29, 0.717) is 16.7 Å². The first kappa shape index (κ1) is 16.6. The number of amides is 1. The van der Waals surface area contributed by atoms with Gasteiger partial charge in [-0.15, -0.1) is 11.8 Å². The molecule has 1 aliphatic rings.